The molecular formula is C12H15ClN2S. The quantitative estimate of drug-likeness (QED) is 0.782. The first kappa shape index (κ1) is 11.8. The van der Waals surface area contributed by atoms with Crippen molar-refractivity contribution in [3.05, 3.63) is 28.6 Å². The van der Waals surface area contributed by atoms with Crippen molar-refractivity contribution < 1.29 is 0 Å². The smallest absolute Gasteiger partial charge is 0.0819 e. The first-order chi connectivity index (χ1) is 7.25. The van der Waals surface area contributed by atoms with Crippen LogP contribution in [-0.4, -0.2) is 9.97 Å². The van der Waals surface area contributed by atoms with E-state index in [-0.39, 0.29) is 18.3 Å². The van der Waals surface area contributed by atoms with Crippen LogP contribution in [0.25, 0.3) is 0 Å². The van der Waals surface area contributed by atoms with Crippen molar-refractivity contribution in [3.63, 3.8) is 0 Å². The predicted molar refractivity (Wildman–Crippen MR) is 71.4 cm³/mol. The number of nitrogens with two attached hydrogens (primary N) is 1. The lowest BCUT2D eigenvalue weighted by Gasteiger charge is -2.09. The van der Waals surface area contributed by atoms with E-state index >= 15 is 0 Å². The average Bonchev–Trinajstić information content (AvgIpc) is 2.77. The van der Waals surface area contributed by atoms with Gasteiger partial charge in [0.2, 0.25) is 0 Å². The maximum atomic E-state index is 5.75. The summed E-state index contributed by atoms with van der Waals surface area (Å²) in [5.74, 6) is 0.237. The summed E-state index contributed by atoms with van der Waals surface area (Å²) in [4.78, 5) is 5.38. The second kappa shape index (κ2) is 4.30. The van der Waals surface area contributed by atoms with Crippen molar-refractivity contribution >= 4 is 29.6 Å². The standard InChI is InChI=1S/C12H14N2S.ClH/c13-12(15)9-5-4-8-6-7-2-1-3-10(7)14-11(8)9;/h6,9H,1-5H2,(H2,13,15);1H. The van der Waals surface area contributed by atoms with Crippen LogP contribution in [0.4, 0.5) is 0 Å². The fraction of sp³-hybridized carbons (Fsp3) is 0.500. The van der Waals surface area contributed by atoms with Gasteiger partial charge < -0.3 is 5.73 Å². The normalized spacial score (nSPS) is 21.1. The maximum absolute atomic E-state index is 5.75. The largest absolute Gasteiger partial charge is 0.393 e. The molecule has 2 aliphatic rings. The molecule has 3 rings (SSSR count). The van der Waals surface area contributed by atoms with Gasteiger partial charge in [0, 0.05) is 5.69 Å². The molecule has 4 heteroatoms. The lowest BCUT2D eigenvalue weighted by Crippen LogP contribution is -2.18. The van der Waals surface area contributed by atoms with E-state index in [0.717, 1.165) is 19.3 Å². The van der Waals surface area contributed by atoms with Crippen LogP contribution in [0.15, 0.2) is 6.07 Å². The zero-order valence-electron chi connectivity index (χ0n) is 9.03. The molecule has 0 radical (unpaired) electrons. The molecule has 0 spiro atoms. The molecule has 0 amide bonds. The van der Waals surface area contributed by atoms with Crippen LogP contribution >= 0.6 is 24.6 Å². The summed E-state index contributed by atoms with van der Waals surface area (Å²) in [5, 5.41) is 0. The van der Waals surface area contributed by atoms with Crippen LogP contribution < -0.4 is 5.73 Å². The number of hydrogen-bond donors (Lipinski definition) is 1. The molecule has 16 heavy (non-hydrogen) atoms. The molecule has 0 saturated heterocycles. The van der Waals surface area contributed by atoms with Gasteiger partial charge in [-0.1, -0.05) is 18.3 Å². The van der Waals surface area contributed by atoms with Gasteiger partial charge in [0.05, 0.1) is 16.6 Å². The Morgan fingerprint density at radius 3 is 2.88 bits per heavy atom. The molecule has 1 atom stereocenters. The Morgan fingerprint density at radius 1 is 1.31 bits per heavy atom. The van der Waals surface area contributed by atoms with Gasteiger partial charge in [0.1, 0.15) is 0 Å². The molecule has 2 aliphatic carbocycles. The number of thiocarbonyl (C=S) groups is 1. The van der Waals surface area contributed by atoms with E-state index < -0.39 is 0 Å². The summed E-state index contributed by atoms with van der Waals surface area (Å²) in [7, 11) is 0. The summed E-state index contributed by atoms with van der Waals surface area (Å²) in [5.41, 5.74) is 11.0. The first-order valence-electron chi connectivity index (χ1n) is 5.56. The van der Waals surface area contributed by atoms with E-state index in [2.05, 4.69) is 6.07 Å². The highest BCUT2D eigenvalue weighted by Crippen LogP contribution is 2.35. The highest BCUT2D eigenvalue weighted by Gasteiger charge is 2.28. The molecule has 1 heterocycles. The van der Waals surface area contributed by atoms with Gasteiger partial charge in [-0.25, -0.2) is 0 Å². The molecule has 1 unspecified atom stereocenters. The van der Waals surface area contributed by atoms with Crippen molar-refractivity contribution in [2.75, 3.05) is 0 Å². The molecule has 1 aromatic heterocycles. The number of aromatic nitrogens is 1. The number of aryl methyl sites for hydroxylation is 3. The molecule has 0 aliphatic heterocycles. The van der Waals surface area contributed by atoms with Crippen molar-refractivity contribution in [3.8, 4) is 0 Å². The molecule has 86 valence electrons. The van der Waals surface area contributed by atoms with Gasteiger partial charge in [-0.15, -0.1) is 12.4 Å². The Balaban J connectivity index is 0.000000963. The second-order valence-electron chi connectivity index (χ2n) is 4.49. The van der Waals surface area contributed by atoms with Gasteiger partial charge in [-0.3, -0.25) is 4.98 Å². The van der Waals surface area contributed by atoms with E-state index in [4.69, 9.17) is 22.9 Å². The fourth-order valence-corrected chi connectivity index (χ4v) is 2.98. The van der Waals surface area contributed by atoms with Gasteiger partial charge in [-0.2, -0.15) is 0 Å². The number of pyridine rings is 1. The van der Waals surface area contributed by atoms with E-state index in [0.29, 0.717) is 4.99 Å². The SMILES string of the molecule is Cl.NC(=S)C1CCc2cc3c(nc21)CCC3. The predicted octanol–water partition coefficient (Wildman–Crippen LogP) is 2.31. The number of fused-ring (bicyclic) bond motifs is 2. The van der Waals surface area contributed by atoms with E-state index in [9.17, 15) is 0 Å². The van der Waals surface area contributed by atoms with Crippen molar-refractivity contribution in [2.45, 2.75) is 38.0 Å². The van der Waals surface area contributed by atoms with Crippen molar-refractivity contribution in [1.29, 1.82) is 0 Å². The minimum Gasteiger partial charge on any atom is -0.393 e. The van der Waals surface area contributed by atoms with Crippen LogP contribution in [0.2, 0.25) is 0 Å². The third-order valence-electron chi connectivity index (χ3n) is 3.54. The van der Waals surface area contributed by atoms with E-state index in [1.807, 2.05) is 0 Å². The topological polar surface area (TPSA) is 38.9 Å². The summed E-state index contributed by atoms with van der Waals surface area (Å²) in [6, 6.07) is 2.34. The lowest BCUT2D eigenvalue weighted by molar-refractivity contribution is 0.825. The molecule has 2 nitrogen and oxygen atoms in total. The zero-order valence-corrected chi connectivity index (χ0v) is 10.7. The lowest BCUT2D eigenvalue weighted by atomic mass is 10.1. The Kier molecular flexibility index (Phi) is 3.17. The van der Waals surface area contributed by atoms with Crippen LogP contribution in [-0.2, 0) is 19.3 Å². The van der Waals surface area contributed by atoms with Crippen molar-refractivity contribution in [1.82, 2.24) is 4.98 Å². The molecule has 0 fully saturated rings. The highest BCUT2D eigenvalue weighted by molar-refractivity contribution is 7.80. The van der Waals surface area contributed by atoms with Gasteiger partial charge in [-0.05, 0) is 43.2 Å². The van der Waals surface area contributed by atoms with Gasteiger partial charge in [0.15, 0.2) is 0 Å². The Labute approximate surface area is 107 Å². The van der Waals surface area contributed by atoms with Gasteiger partial charge in [0.25, 0.3) is 0 Å². The Hall–Kier alpha value is -0.670. The summed E-state index contributed by atoms with van der Waals surface area (Å²) in [6.07, 6.45) is 5.74. The molecule has 0 bridgehead atoms. The molecule has 0 saturated carbocycles. The monoisotopic (exact) mass is 254 g/mol. The maximum Gasteiger partial charge on any atom is 0.0819 e. The summed E-state index contributed by atoms with van der Waals surface area (Å²) >= 11 is 5.10. The van der Waals surface area contributed by atoms with Crippen LogP contribution in [0.1, 0.15) is 41.3 Å². The van der Waals surface area contributed by atoms with E-state index in [1.54, 1.807) is 0 Å². The number of halogens is 1. The van der Waals surface area contributed by atoms with E-state index in [1.165, 1.54) is 35.4 Å². The summed E-state index contributed by atoms with van der Waals surface area (Å²) < 4.78 is 0. The zero-order chi connectivity index (χ0) is 10.4. The molecule has 0 aromatic carbocycles. The van der Waals surface area contributed by atoms with Crippen LogP contribution in [0.5, 0.6) is 0 Å². The number of hydrogen-bond acceptors (Lipinski definition) is 2. The number of nitrogens with zero attached hydrogens (tertiary/aromatic N) is 1. The fourth-order valence-electron chi connectivity index (χ4n) is 2.75. The molecule has 2 N–H and O–H groups in total. The Bertz CT molecular complexity index is 445. The highest BCUT2D eigenvalue weighted by atomic mass is 35.5. The van der Waals surface area contributed by atoms with Crippen molar-refractivity contribution in [2.24, 2.45) is 5.73 Å². The molecular weight excluding hydrogens is 240 g/mol. The second-order valence-corrected chi connectivity index (χ2v) is 4.96. The minimum absolute atomic E-state index is 0. The molecule has 1 aromatic rings. The first-order valence-corrected chi connectivity index (χ1v) is 5.97. The Morgan fingerprint density at radius 2 is 2.12 bits per heavy atom. The van der Waals surface area contributed by atoms with Crippen LogP contribution in [0, 0.1) is 0 Å². The third kappa shape index (κ3) is 1.72. The van der Waals surface area contributed by atoms with Crippen LogP contribution in [0.3, 0.4) is 0 Å². The third-order valence-corrected chi connectivity index (χ3v) is 3.82. The average molecular weight is 255 g/mol. The van der Waals surface area contributed by atoms with Gasteiger partial charge >= 0.3 is 0 Å². The minimum atomic E-state index is 0. The number of rotatable bonds is 1. The summed E-state index contributed by atoms with van der Waals surface area (Å²) in [6.45, 7) is 0.